The van der Waals surface area contributed by atoms with Crippen molar-refractivity contribution in [2.24, 2.45) is 0 Å². The molecule has 0 aliphatic rings. The summed E-state index contributed by atoms with van der Waals surface area (Å²) in [6.07, 6.45) is 0. The predicted molar refractivity (Wildman–Crippen MR) is 50.6 cm³/mol. The first kappa shape index (κ1) is 7.92. The molecule has 0 atom stereocenters. The van der Waals surface area contributed by atoms with E-state index in [2.05, 4.69) is 0 Å². The predicted octanol–water partition coefficient (Wildman–Crippen LogP) is 2.99. The van der Waals surface area contributed by atoms with Crippen LogP contribution in [0.2, 0.25) is 0 Å². The van der Waals surface area contributed by atoms with Gasteiger partial charge in [-0.3, -0.25) is 5.11 Å². The molecule has 0 aromatic heterocycles. The molecule has 0 saturated carbocycles. The van der Waals surface area contributed by atoms with Crippen LogP contribution in [0.15, 0.2) is 36.4 Å². The van der Waals surface area contributed by atoms with Crippen LogP contribution in [0, 0.1) is 0 Å². The topological polar surface area (TPSA) is 29.1 Å². The average Bonchev–Trinajstić information content (AvgIpc) is 2.19. The Morgan fingerprint density at radius 3 is 2.38 bits per heavy atom. The van der Waals surface area contributed by atoms with Gasteiger partial charge in [-0.15, -0.1) is 0 Å². The zero-order valence-corrected chi connectivity index (χ0v) is 7.28. The fourth-order valence-electron chi connectivity index (χ4n) is 1.42. The second-order valence-electron chi connectivity index (χ2n) is 2.81. The summed E-state index contributed by atoms with van der Waals surface area (Å²) < 4.78 is 5.14. The molecule has 0 heterocycles. The van der Waals surface area contributed by atoms with E-state index in [9.17, 15) is 5.11 Å². The Balaban J connectivity index is 2.84. The van der Waals surface area contributed by atoms with E-state index < -0.39 is 0 Å². The second-order valence-corrected chi connectivity index (χ2v) is 2.81. The van der Waals surface area contributed by atoms with Gasteiger partial charge in [-0.1, -0.05) is 24.3 Å². The molecule has 65 valence electrons. The lowest BCUT2D eigenvalue weighted by Gasteiger charge is -2.04. The number of hydrogen-bond acceptors (Lipinski definition) is 1. The zero-order valence-electron chi connectivity index (χ0n) is 7.28. The van der Waals surface area contributed by atoms with Crippen LogP contribution in [0.25, 0.3) is 10.8 Å². The minimum atomic E-state index is 0.0383. The van der Waals surface area contributed by atoms with Crippen molar-refractivity contribution in [1.82, 2.24) is 0 Å². The lowest BCUT2D eigenvalue weighted by Crippen LogP contribution is -1.83. The van der Waals surface area contributed by atoms with Crippen LogP contribution in [0.1, 0.15) is 0 Å². The lowest BCUT2D eigenvalue weighted by atomic mass is 10.1. The molecular formula is C11H9O2. The van der Waals surface area contributed by atoms with Crippen molar-refractivity contribution in [3.63, 3.8) is 0 Å². The van der Waals surface area contributed by atoms with Gasteiger partial charge < -0.3 is 4.74 Å². The number of rotatable bonds is 1. The van der Waals surface area contributed by atoms with Crippen molar-refractivity contribution in [2.45, 2.75) is 0 Å². The van der Waals surface area contributed by atoms with Crippen molar-refractivity contribution in [1.29, 1.82) is 0 Å². The van der Waals surface area contributed by atoms with E-state index in [0.29, 0.717) is 5.39 Å². The smallest absolute Gasteiger partial charge is 0.186 e. The van der Waals surface area contributed by atoms with Gasteiger partial charge in [-0.25, -0.2) is 0 Å². The molecule has 0 amide bonds. The summed E-state index contributed by atoms with van der Waals surface area (Å²) in [5.74, 6) is 0.784. The van der Waals surface area contributed by atoms with Crippen LogP contribution in [0.4, 0.5) is 0 Å². The zero-order chi connectivity index (χ0) is 9.26. The van der Waals surface area contributed by atoms with Crippen LogP contribution in [0.5, 0.6) is 11.5 Å². The summed E-state index contributed by atoms with van der Waals surface area (Å²) in [5.41, 5.74) is 0. The number of ether oxygens (including phenoxy) is 1. The first-order valence-corrected chi connectivity index (χ1v) is 4.05. The number of fused-ring (bicyclic) bond motifs is 1. The third-order valence-electron chi connectivity index (χ3n) is 2.06. The Morgan fingerprint density at radius 1 is 1.00 bits per heavy atom. The molecule has 1 radical (unpaired) electrons. The molecule has 2 aromatic rings. The maximum Gasteiger partial charge on any atom is 0.186 e. The molecule has 13 heavy (non-hydrogen) atoms. The van der Waals surface area contributed by atoms with Gasteiger partial charge in [0, 0.05) is 10.8 Å². The Hall–Kier alpha value is -1.70. The molecule has 2 rings (SSSR count). The average molecular weight is 173 g/mol. The fraction of sp³-hybridized carbons (Fsp3) is 0.0909. The minimum Gasteiger partial charge on any atom is -0.496 e. The van der Waals surface area contributed by atoms with Gasteiger partial charge in [0.25, 0.3) is 0 Å². The lowest BCUT2D eigenvalue weighted by molar-refractivity contribution is 0.359. The van der Waals surface area contributed by atoms with Crippen molar-refractivity contribution >= 4 is 10.8 Å². The van der Waals surface area contributed by atoms with E-state index in [1.807, 2.05) is 18.2 Å². The van der Waals surface area contributed by atoms with Crippen molar-refractivity contribution < 1.29 is 9.84 Å². The third-order valence-corrected chi connectivity index (χ3v) is 2.06. The molecule has 0 unspecified atom stereocenters. The van der Waals surface area contributed by atoms with Gasteiger partial charge in [0.1, 0.15) is 5.75 Å². The highest BCUT2D eigenvalue weighted by Gasteiger charge is 2.04. The highest BCUT2D eigenvalue weighted by molar-refractivity contribution is 5.92. The summed E-state index contributed by atoms with van der Waals surface area (Å²) in [4.78, 5) is 0. The summed E-state index contributed by atoms with van der Waals surface area (Å²) in [7, 11) is 1.60. The van der Waals surface area contributed by atoms with E-state index in [4.69, 9.17) is 4.74 Å². The highest BCUT2D eigenvalue weighted by Crippen LogP contribution is 2.31. The molecule has 0 bridgehead atoms. The summed E-state index contributed by atoms with van der Waals surface area (Å²) in [5, 5.41) is 13.0. The molecular weight excluding hydrogens is 164 g/mol. The molecule has 0 saturated heterocycles. The molecule has 0 aliphatic heterocycles. The summed E-state index contributed by atoms with van der Waals surface area (Å²) in [6.45, 7) is 0. The Labute approximate surface area is 76.4 Å². The Morgan fingerprint density at radius 2 is 1.69 bits per heavy atom. The van der Waals surface area contributed by atoms with E-state index in [0.717, 1.165) is 11.1 Å². The van der Waals surface area contributed by atoms with Crippen LogP contribution in [0.3, 0.4) is 0 Å². The molecule has 2 aromatic carbocycles. The monoisotopic (exact) mass is 173 g/mol. The Bertz CT molecular complexity index is 435. The number of benzene rings is 2. The third kappa shape index (κ3) is 1.20. The summed E-state index contributed by atoms with van der Waals surface area (Å²) >= 11 is 0. The van der Waals surface area contributed by atoms with Gasteiger partial charge in [0.05, 0.1) is 7.11 Å². The molecule has 0 spiro atoms. The molecule has 0 N–H and O–H groups in total. The van der Waals surface area contributed by atoms with Crippen LogP contribution < -0.4 is 4.74 Å². The van der Waals surface area contributed by atoms with Crippen LogP contribution in [-0.2, 0) is 5.11 Å². The minimum absolute atomic E-state index is 0.0383. The second kappa shape index (κ2) is 2.98. The maximum absolute atomic E-state index is 11.4. The number of methoxy groups -OCH3 is 1. The van der Waals surface area contributed by atoms with Crippen LogP contribution in [-0.4, -0.2) is 7.11 Å². The SMILES string of the molecule is COc1ccc([O])c2ccccc12. The van der Waals surface area contributed by atoms with Gasteiger partial charge in [-0.05, 0) is 12.1 Å². The molecule has 2 heteroatoms. The van der Waals surface area contributed by atoms with E-state index in [1.54, 1.807) is 19.2 Å². The van der Waals surface area contributed by atoms with E-state index in [-0.39, 0.29) is 5.75 Å². The van der Waals surface area contributed by atoms with Gasteiger partial charge in [0.2, 0.25) is 0 Å². The first-order valence-electron chi connectivity index (χ1n) is 4.05. The normalized spacial score (nSPS) is 10.2. The molecule has 0 aliphatic carbocycles. The molecule has 0 fully saturated rings. The van der Waals surface area contributed by atoms with Crippen molar-refractivity contribution in [3.05, 3.63) is 36.4 Å². The van der Waals surface area contributed by atoms with Crippen LogP contribution >= 0.6 is 0 Å². The fourth-order valence-corrected chi connectivity index (χ4v) is 1.42. The molecule has 2 nitrogen and oxygen atoms in total. The van der Waals surface area contributed by atoms with Crippen molar-refractivity contribution in [3.8, 4) is 11.5 Å². The van der Waals surface area contributed by atoms with Gasteiger partial charge >= 0.3 is 0 Å². The van der Waals surface area contributed by atoms with Gasteiger partial charge in [0.15, 0.2) is 5.75 Å². The van der Waals surface area contributed by atoms with Crippen molar-refractivity contribution in [2.75, 3.05) is 7.11 Å². The standard InChI is InChI=1S/C11H9O2/c1-13-11-7-6-10(12)8-4-2-3-5-9(8)11/h2-7H,1H3. The Kier molecular flexibility index (Phi) is 1.81. The summed E-state index contributed by atoms with van der Waals surface area (Å²) in [6, 6.07) is 10.7. The van der Waals surface area contributed by atoms with E-state index >= 15 is 0 Å². The van der Waals surface area contributed by atoms with Gasteiger partial charge in [-0.2, -0.15) is 0 Å². The van der Waals surface area contributed by atoms with E-state index in [1.165, 1.54) is 6.07 Å². The quantitative estimate of drug-likeness (QED) is 0.651. The maximum atomic E-state index is 11.4. The number of hydrogen-bond donors (Lipinski definition) is 0. The first-order chi connectivity index (χ1) is 6.33. The highest BCUT2D eigenvalue weighted by atomic mass is 16.5. The largest absolute Gasteiger partial charge is 0.496 e.